The Labute approximate surface area is 160 Å². The van der Waals surface area contributed by atoms with Crippen LogP contribution in [0.25, 0.3) is 0 Å². The molecule has 0 unspecified atom stereocenters. The molecule has 3 heterocycles. The van der Waals surface area contributed by atoms with Gasteiger partial charge in [0.2, 0.25) is 0 Å². The Hall–Kier alpha value is -1.79. The van der Waals surface area contributed by atoms with Gasteiger partial charge in [-0.2, -0.15) is 0 Å². The molecule has 2 N–H and O–H groups in total. The third-order valence-corrected chi connectivity index (χ3v) is 6.09. The molecule has 2 amide bonds. The fourth-order valence-corrected chi connectivity index (χ4v) is 4.54. The zero-order chi connectivity index (χ0) is 19.1. The molecular formula is C21H30N2O4. The van der Waals surface area contributed by atoms with E-state index in [0.29, 0.717) is 39.1 Å². The van der Waals surface area contributed by atoms with E-state index in [4.69, 9.17) is 9.47 Å². The van der Waals surface area contributed by atoms with Gasteiger partial charge in [0.1, 0.15) is 11.4 Å². The normalized spacial score (nSPS) is 25.7. The number of ether oxygens (including phenoxy) is 2. The summed E-state index contributed by atoms with van der Waals surface area (Å²) in [5.41, 5.74) is 1.69. The Bertz CT molecular complexity index is 710. The molecule has 0 radical (unpaired) electrons. The van der Waals surface area contributed by atoms with Gasteiger partial charge in [-0.1, -0.05) is 12.1 Å². The van der Waals surface area contributed by atoms with Gasteiger partial charge in [0.15, 0.2) is 0 Å². The molecule has 1 atom stereocenters. The van der Waals surface area contributed by atoms with Gasteiger partial charge in [0.05, 0.1) is 11.7 Å². The molecule has 148 valence electrons. The number of rotatable bonds is 2. The van der Waals surface area contributed by atoms with Crippen molar-refractivity contribution in [3.63, 3.8) is 0 Å². The highest BCUT2D eigenvalue weighted by Crippen LogP contribution is 2.36. The van der Waals surface area contributed by atoms with Crippen molar-refractivity contribution in [3.8, 4) is 5.75 Å². The van der Waals surface area contributed by atoms with E-state index in [1.807, 2.05) is 17.0 Å². The van der Waals surface area contributed by atoms with Gasteiger partial charge in [-0.25, -0.2) is 4.79 Å². The topological polar surface area (TPSA) is 71.0 Å². The van der Waals surface area contributed by atoms with Crippen molar-refractivity contribution in [2.45, 2.75) is 69.8 Å². The predicted octanol–water partition coefficient (Wildman–Crippen LogP) is 2.62. The van der Waals surface area contributed by atoms with E-state index in [2.05, 4.69) is 25.2 Å². The maximum absolute atomic E-state index is 12.5. The average Bonchev–Trinajstić information content (AvgIpc) is 2.96. The number of likely N-dealkylation sites (tertiary alicyclic amines) is 1. The number of urea groups is 1. The Morgan fingerprint density at radius 1 is 1.33 bits per heavy atom. The first-order valence-electron chi connectivity index (χ1n) is 10.0. The van der Waals surface area contributed by atoms with Crippen LogP contribution < -0.4 is 10.1 Å². The van der Waals surface area contributed by atoms with Crippen molar-refractivity contribution in [2.75, 3.05) is 19.7 Å². The lowest BCUT2D eigenvalue weighted by atomic mass is 9.82. The van der Waals surface area contributed by atoms with Crippen LogP contribution in [0.1, 0.15) is 50.7 Å². The van der Waals surface area contributed by atoms with Crippen LogP contribution in [0, 0.1) is 0 Å². The van der Waals surface area contributed by atoms with E-state index >= 15 is 0 Å². The summed E-state index contributed by atoms with van der Waals surface area (Å²) < 4.78 is 11.8. The van der Waals surface area contributed by atoms with Gasteiger partial charge < -0.3 is 24.8 Å². The Morgan fingerprint density at radius 3 is 2.85 bits per heavy atom. The number of hydrogen-bond donors (Lipinski definition) is 2. The van der Waals surface area contributed by atoms with E-state index in [-0.39, 0.29) is 11.6 Å². The number of benzene rings is 1. The summed E-state index contributed by atoms with van der Waals surface area (Å²) in [5, 5.41) is 13.3. The highest BCUT2D eigenvalue weighted by Gasteiger charge is 2.44. The van der Waals surface area contributed by atoms with Crippen LogP contribution in [0.3, 0.4) is 0 Å². The van der Waals surface area contributed by atoms with Crippen LogP contribution in [-0.2, 0) is 17.7 Å². The molecule has 0 saturated carbocycles. The lowest BCUT2D eigenvalue weighted by Gasteiger charge is -2.46. The minimum atomic E-state index is -0.443. The maximum Gasteiger partial charge on any atom is 0.317 e. The van der Waals surface area contributed by atoms with Crippen molar-refractivity contribution in [2.24, 2.45) is 0 Å². The van der Waals surface area contributed by atoms with Crippen LogP contribution in [0.4, 0.5) is 4.79 Å². The summed E-state index contributed by atoms with van der Waals surface area (Å²) >= 11 is 0. The number of piperidine rings is 1. The van der Waals surface area contributed by atoms with Gasteiger partial charge in [-0.05, 0) is 56.7 Å². The van der Waals surface area contributed by atoms with E-state index in [0.717, 1.165) is 30.6 Å². The average molecular weight is 374 g/mol. The number of nitrogens with zero attached hydrogens (tertiary/aromatic N) is 1. The van der Waals surface area contributed by atoms with Gasteiger partial charge >= 0.3 is 6.03 Å². The molecule has 6 heteroatoms. The standard InChI is InChI=1S/C21H30N2O4/c1-20(2)13-16-12-15(5-6-17(16)27-20)14-22-19(25)23-9-7-21(8-10-23)18(24)4-3-11-26-21/h5-6,12,18,24H,3-4,7-11,13-14H2,1-2H3,(H,22,25)/t18-/m0/s1. The van der Waals surface area contributed by atoms with Gasteiger partial charge in [-0.15, -0.1) is 0 Å². The fourth-order valence-electron chi connectivity index (χ4n) is 4.54. The summed E-state index contributed by atoms with van der Waals surface area (Å²) in [6, 6.07) is 6.09. The van der Waals surface area contributed by atoms with Gasteiger partial charge in [-0.3, -0.25) is 0 Å². The van der Waals surface area contributed by atoms with Crippen LogP contribution in [0.2, 0.25) is 0 Å². The highest BCUT2D eigenvalue weighted by molar-refractivity contribution is 5.74. The second-order valence-electron chi connectivity index (χ2n) is 8.70. The lowest BCUT2D eigenvalue weighted by molar-refractivity contribution is -0.173. The number of hydrogen-bond acceptors (Lipinski definition) is 4. The third kappa shape index (κ3) is 3.78. The molecule has 1 aromatic rings. The molecule has 2 saturated heterocycles. The SMILES string of the molecule is CC1(C)Cc2cc(CNC(=O)N3CCC4(CC3)OCCC[C@@H]4O)ccc2O1. The predicted molar refractivity (Wildman–Crippen MR) is 102 cm³/mol. The first kappa shape index (κ1) is 18.6. The Kier molecular flexibility index (Phi) is 4.80. The minimum absolute atomic E-state index is 0.0489. The van der Waals surface area contributed by atoms with Gasteiger partial charge in [0, 0.05) is 32.7 Å². The molecule has 0 aliphatic carbocycles. The summed E-state index contributed by atoms with van der Waals surface area (Å²) in [6.45, 7) is 6.63. The molecule has 1 spiro atoms. The molecule has 0 aromatic heterocycles. The molecule has 1 aromatic carbocycles. The van der Waals surface area contributed by atoms with Crippen molar-refractivity contribution in [1.29, 1.82) is 0 Å². The molecule has 4 rings (SSSR count). The summed E-state index contributed by atoms with van der Waals surface area (Å²) in [7, 11) is 0. The number of fused-ring (bicyclic) bond motifs is 1. The summed E-state index contributed by atoms with van der Waals surface area (Å²) in [5.74, 6) is 0.947. The molecular weight excluding hydrogens is 344 g/mol. The zero-order valence-corrected chi connectivity index (χ0v) is 16.3. The number of nitrogens with one attached hydrogen (secondary N) is 1. The lowest BCUT2D eigenvalue weighted by Crippen LogP contribution is -2.57. The number of aliphatic hydroxyl groups excluding tert-OH is 1. The van der Waals surface area contributed by atoms with Gasteiger partial charge in [0.25, 0.3) is 0 Å². The number of carbonyl (C=O) groups is 1. The zero-order valence-electron chi connectivity index (χ0n) is 16.3. The van der Waals surface area contributed by atoms with Crippen molar-refractivity contribution in [1.82, 2.24) is 10.2 Å². The smallest absolute Gasteiger partial charge is 0.317 e. The quantitative estimate of drug-likeness (QED) is 0.835. The second-order valence-corrected chi connectivity index (χ2v) is 8.70. The number of aliphatic hydroxyl groups is 1. The molecule has 0 bridgehead atoms. The van der Waals surface area contributed by atoms with Crippen LogP contribution in [0.5, 0.6) is 5.75 Å². The molecule has 3 aliphatic rings. The van der Waals surface area contributed by atoms with Crippen LogP contribution >= 0.6 is 0 Å². The fraction of sp³-hybridized carbons (Fsp3) is 0.667. The van der Waals surface area contributed by atoms with E-state index in [9.17, 15) is 9.90 Å². The van der Waals surface area contributed by atoms with E-state index in [1.165, 1.54) is 5.56 Å². The van der Waals surface area contributed by atoms with Crippen molar-refractivity contribution < 1.29 is 19.4 Å². The monoisotopic (exact) mass is 374 g/mol. The first-order chi connectivity index (χ1) is 12.9. The van der Waals surface area contributed by atoms with Crippen LogP contribution in [0.15, 0.2) is 18.2 Å². The Morgan fingerprint density at radius 2 is 2.11 bits per heavy atom. The third-order valence-electron chi connectivity index (χ3n) is 6.09. The maximum atomic E-state index is 12.5. The Balaban J connectivity index is 1.30. The van der Waals surface area contributed by atoms with Crippen molar-refractivity contribution >= 4 is 6.03 Å². The molecule has 2 fully saturated rings. The van der Waals surface area contributed by atoms with E-state index < -0.39 is 11.7 Å². The highest BCUT2D eigenvalue weighted by atomic mass is 16.5. The molecule has 6 nitrogen and oxygen atoms in total. The molecule has 3 aliphatic heterocycles. The molecule has 27 heavy (non-hydrogen) atoms. The van der Waals surface area contributed by atoms with E-state index in [1.54, 1.807) is 0 Å². The second kappa shape index (κ2) is 6.99. The van der Waals surface area contributed by atoms with Crippen molar-refractivity contribution in [3.05, 3.63) is 29.3 Å². The first-order valence-corrected chi connectivity index (χ1v) is 10.0. The number of amides is 2. The summed E-state index contributed by atoms with van der Waals surface area (Å²) in [4.78, 5) is 14.4. The van der Waals surface area contributed by atoms with Crippen LogP contribution in [-0.4, -0.2) is 53.0 Å². The number of carbonyl (C=O) groups excluding carboxylic acids is 1. The largest absolute Gasteiger partial charge is 0.487 e. The minimum Gasteiger partial charge on any atom is -0.487 e. The summed E-state index contributed by atoms with van der Waals surface area (Å²) in [6.07, 6.45) is 3.59.